The van der Waals surface area contributed by atoms with Crippen LogP contribution in [-0.2, 0) is 4.79 Å². The van der Waals surface area contributed by atoms with Crippen LogP contribution in [0.4, 0.5) is 5.69 Å². The van der Waals surface area contributed by atoms with Crippen LogP contribution in [0.2, 0.25) is 0 Å². The molecule has 1 aliphatic heterocycles. The van der Waals surface area contributed by atoms with E-state index < -0.39 is 0 Å². The third kappa shape index (κ3) is 4.23. The summed E-state index contributed by atoms with van der Waals surface area (Å²) in [4.78, 5) is 14.0. The van der Waals surface area contributed by atoms with Crippen LogP contribution in [0, 0.1) is 0 Å². The van der Waals surface area contributed by atoms with Gasteiger partial charge in [-0.3, -0.25) is 9.69 Å². The van der Waals surface area contributed by atoms with E-state index in [1.165, 1.54) is 0 Å². The fourth-order valence-electron chi connectivity index (χ4n) is 2.52. The lowest BCUT2D eigenvalue weighted by atomic mass is 10.1. The largest absolute Gasteiger partial charge is 0.497 e. The van der Waals surface area contributed by atoms with Crippen LogP contribution in [0.1, 0.15) is 0 Å². The van der Waals surface area contributed by atoms with E-state index in [4.69, 9.17) is 9.47 Å². The minimum Gasteiger partial charge on any atom is -0.497 e. The van der Waals surface area contributed by atoms with Crippen molar-refractivity contribution in [2.24, 2.45) is 0 Å². The number of methoxy groups -OCH3 is 1. The molecule has 1 amide bonds. The molecule has 1 N–H and O–H groups in total. The zero-order valence-corrected chi connectivity index (χ0v) is 13.1. The number of rotatable bonds is 6. The second kappa shape index (κ2) is 7.15. The number of carbonyl (C=O) groups is 1. The predicted molar refractivity (Wildman–Crippen MR) is 88.9 cm³/mol. The number of anilines is 1. The topological polar surface area (TPSA) is 50.8 Å². The van der Waals surface area contributed by atoms with Crippen LogP contribution in [0.3, 0.4) is 0 Å². The highest BCUT2D eigenvalue weighted by molar-refractivity contribution is 5.92. The molecule has 120 valence electrons. The van der Waals surface area contributed by atoms with Crippen molar-refractivity contribution in [1.82, 2.24) is 4.90 Å². The van der Waals surface area contributed by atoms with Gasteiger partial charge in [0.25, 0.3) is 0 Å². The Labute approximate surface area is 135 Å². The molecule has 2 aromatic rings. The van der Waals surface area contributed by atoms with Crippen LogP contribution in [0.5, 0.6) is 11.5 Å². The highest BCUT2D eigenvalue weighted by atomic mass is 16.5. The summed E-state index contributed by atoms with van der Waals surface area (Å²) in [5.74, 6) is 1.57. The van der Waals surface area contributed by atoms with Crippen molar-refractivity contribution in [3.05, 3.63) is 54.6 Å². The number of hydrogen-bond donors (Lipinski definition) is 1. The Balaban J connectivity index is 1.41. The van der Waals surface area contributed by atoms with Gasteiger partial charge in [-0.2, -0.15) is 0 Å². The third-order valence-corrected chi connectivity index (χ3v) is 3.69. The average Bonchev–Trinajstić information content (AvgIpc) is 2.54. The fraction of sp³-hybridized carbons (Fsp3) is 0.278. The molecule has 3 rings (SSSR count). The first-order chi connectivity index (χ1) is 11.2. The lowest BCUT2D eigenvalue weighted by molar-refractivity contribution is -0.119. The number of benzene rings is 2. The molecule has 0 atom stereocenters. The molecule has 1 saturated heterocycles. The molecule has 2 aromatic carbocycles. The Kier molecular flexibility index (Phi) is 4.78. The van der Waals surface area contributed by atoms with E-state index in [0.717, 1.165) is 30.3 Å². The Hall–Kier alpha value is -2.53. The zero-order valence-electron chi connectivity index (χ0n) is 13.1. The van der Waals surface area contributed by atoms with Crippen molar-refractivity contribution < 1.29 is 14.3 Å². The fourth-order valence-corrected chi connectivity index (χ4v) is 2.52. The van der Waals surface area contributed by atoms with Gasteiger partial charge in [0.2, 0.25) is 5.91 Å². The van der Waals surface area contributed by atoms with Gasteiger partial charge in [0.15, 0.2) is 0 Å². The zero-order chi connectivity index (χ0) is 16.1. The van der Waals surface area contributed by atoms with Gasteiger partial charge in [0.1, 0.15) is 17.6 Å². The lowest BCUT2D eigenvalue weighted by Gasteiger charge is -2.38. The van der Waals surface area contributed by atoms with E-state index >= 15 is 0 Å². The van der Waals surface area contributed by atoms with Gasteiger partial charge in [-0.05, 0) is 24.3 Å². The number of hydrogen-bond acceptors (Lipinski definition) is 4. The molecule has 5 heteroatoms. The number of ether oxygens (including phenoxy) is 2. The van der Waals surface area contributed by atoms with Crippen molar-refractivity contribution in [3.8, 4) is 11.5 Å². The summed E-state index contributed by atoms with van der Waals surface area (Å²) in [6.07, 6.45) is 0.117. The second-order valence-corrected chi connectivity index (χ2v) is 5.53. The molecule has 0 spiro atoms. The molecule has 0 saturated carbocycles. The van der Waals surface area contributed by atoms with Gasteiger partial charge in [0, 0.05) is 24.8 Å². The van der Waals surface area contributed by atoms with Crippen LogP contribution in [0.25, 0.3) is 0 Å². The maximum Gasteiger partial charge on any atom is 0.238 e. The number of nitrogens with one attached hydrogen (secondary N) is 1. The number of para-hydroxylation sites is 1. The van der Waals surface area contributed by atoms with E-state index in [2.05, 4.69) is 10.2 Å². The van der Waals surface area contributed by atoms with Crippen LogP contribution >= 0.6 is 0 Å². The molecule has 0 bridgehead atoms. The molecule has 1 heterocycles. The number of carbonyl (C=O) groups excluding carboxylic acids is 1. The van der Waals surface area contributed by atoms with E-state index in [1.807, 2.05) is 54.6 Å². The Morgan fingerprint density at radius 2 is 1.87 bits per heavy atom. The monoisotopic (exact) mass is 312 g/mol. The normalized spacial score (nSPS) is 14.8. The Morgan fingerprint density at radius 1 is 1.13 bits per heavy atom. The van der Waals surface area contributed by atoms with Crippen molar-refractivity contribution in [1.29, 1.82) is 0 Å². The lowest BCUT2D eigenvalue weighted by Crippen LogP contribution is -2.55. The number of nitrogens with zero attached hydrogens (tertiary/aromatic N) is 1. The highest BCUT2D eigenvalue weighted by Gasteiger charge is 2.29. The first-order valence-electron chi connectivity index (χ1n) is 7.61. The van der Waals surface area contributed by atoms with Crippen LogP contribution in [0.15, 0.2) is 54.6 Å². The minimum atomic E-state index is -0.00368. The summed E-state index contributed by atoms with van der Waals surface area (Å²) in [6, 6.07) is 17.0. The van der Waals surface area contributed by atoms with Gasteiger partial charge < -0.3 is 14.8 Å². The van der Waals surface area contributed by atoms with E-state index in [1.54, 1.807) is 7.11 Å². The molecule has 0 unspecified atom stereocenters. The van der Waals surface area contributed by atoms with Crippen molar-refractivity contribution >= 4 is 11.6 Å². The molecular weight excluding hydrogens is 292 g/mol. The standard InChI is InChI=1S/C18H20N2O3/c1-22-15-8-5-9-16(10-15)23-17-11-20(12-17)13-18(21)19-14-6-3-2-4-7-14/h2-10,17H,11-13H2,1H3,(H,19,21). The maximum atomic E-state index is 12.0. The highest BCUT2D eigenvalue weighted by Crippen LogP contribution is 2.22. The minimum absolute atomic E-state index is 0.00368. The predicted octanol–water partition coefficient (Wildman–Crippen LogP) is 2.40. The summed E-state index contributed by atoms with van der Waals surface area (Å²) in [7, 11) is 1.63. The van der Waals surface area contributed by atoms with Gasteiger partial charge in [0.05, 0.1) is 13.7 Å². The molecule has 1 aliphatic rings. The average molecular weight is 312 g/mol. The first-order valence-corrected chi connectivity index (χ1v) is 7.61. The van der Waals surface area contributed by atoms with E-state index in [0.29, 0.717) is 6.54 Å². The summed E-state index contributed by atoms with van der Waals surface area (Å²) >= 11 is 0. The van der Waals surface area contributed by atoms with Crippen molar-refractivity contribution in [3.63, 3.8) is 0 Å². The maximum absolute atomic E-state index is 12.0. The SMILES string of the molecule is COc1cccc(OC2CN(CC(=O)Nc3ccccc3)C2)c1. The molecule has 23 heavy (non-hydrogen) atoms. The Morgan fingerprint density at radius 3 is 2.61 bits per heavy atom. The summed E-state index contributed by atoms with van der Waals surface area (Å²) in [5.41, 5.74) is 0.821. The molecule has 0 radical (unpaired) electrons. The summed E-state index contributed by atoms with van der Waals surface area (Å²) in [5, 5.41) is 2.88. The Bertz CT molecular complexity index is 654. The van der Waals surface area contributed by atoms with E-state index in [-0.39, 0.29) is 12.0 Å². The number of likely N-dealkylation sites (tertiary alicyclic amines) is 1. The summed E-state index contributed by atoms with van der Waals surface area (Å²) in [6.45, 7) is 1.88. The van der Waals surface area contributed by atoms with E-state index in [9.17, 15) is 4.79 Å². The van der Waals surface area contributed by atoms with Gasteiger partial charge in [-0.1, -0.05) is 24.3 Å². The molecule has 5 nitrogen and oxygen atoms in total. The molecule has 0 aliphatic carbocycles. The van der Waals surface area contributed by atoms with Crippen LogP contribution in [-0.4, -0.2) is 43.7 Å². The van der Waals surface area contributed by atoms with Crippen molar-refractivity contribution in [2.45, 2.75) is 6.10 Å². The first kappa shape index (κ1) is 15.4. The van der Waals surface area contributed by atoms with Gasteiger partial charge in [-0.15, -0.1) is 0 Å². The van der Waals surface area contributed by atoms with Gasteiger partial charge in [-0.25, -0.2) is 0 Å². The third-order valence-electron chi connectivity index (χ3n) is 3.69. The van der Waals surface area contributed by atoms with Crippen LogP contribution < -0.4 is 14.8 Å². The quantitative estimate of drug-likeness (QED) is 0.890. The summed E-state index contributed by atoms with van der Waals surface area (Å²) < 4.78 is 11.0. The molecular formula is C18H20N2O3. The molecule has 0 aromatic heterocycles. The smallest absolute Gasteiger partial charge is 0.238 e. The molecule has 1 fully saturated rings. The van der Waals surface area contributed by atoms with Gasteiger partial charge >= 0.3 is 0 Å². The second-order valence-electron chi connectivity index (χ2n) is 5.53. The number of amides is 1. The van der Waals surface area contributed by atoms with Crippen molar-refractivity contribution in [2.75, 3.05) is 32.1 Å².